The normalized spacial score (nSPS) is 19.1. The number of benzene rings is 1. The zero-order valence-electron chi connectivity index (χ0n) is 31.3. The van der Waals surface area contributed by atoms with E-state index < -0.39 is 122 Å². The number of amides is 6. The largest absolute Gasteiger partial charge is 0.394 e. The van der Waals surface area contributed by atoms with Gasteiger partial charge >= 0.3 is 0 Å². The van der Waals surface area contributed by atoms with Crippen molar-refractivity contribution < 1.29 is 74.7 Å². The number of hydrogen-bond acceptors (Lipinski definition) is 15. The third kappa shape index (κ3) is 13.3. The zero-order valence-corrected chi connectivity index (χ0v) is 44.3. The van der Waals surface area contributed by atoms with Crippen LogP contribution in [-0.2, 0) is 19.2 Å². The summed E-state index contributed by atoms with van der Waals surface area (Å²) < 4.78 is -0.228. The lowest BCUT2D eigenvalue weighted by atomic mass is 9.87. The molecule has 0 heterocycles. The number of alkyl halides is 1. The van der Waals surface area contributed by atoms with E-state index in [1.165, 1.54) is 7.05 Å². The number of rotatable bonds is 20. The van der Waals surface area contributed by atoms with Crippen LogP contribution in [0.15, 0.2) is 24.4 Å². The van der Waals surface area contributed by atoms with Crippen LogP contribution in [0.1, 0.15) is 20.7 Å². The summed E-state index contributed by atoms with van der Waals surface area (Å²) in [6, 6.07) is 1.58. The van der Waals surface area contributed by atoms with Gasteiger partial charge in [-0.05, 0) is 119 Å². The lowest BCUT2D eigenvalue weighted by molar-refractivity contribution is -0.151. The first-order chi connectivity index (χ1) is 28.0. The second-order valence-electron chi connectivity index (χ2n) is 12.9. The van der Waals surface area contributed by atoms with E-state index in [0.29, 0.717) is 12.0 Å². The molecule has 21 nitrogen and oxygen atoms in total. The van der Waals surface area contributed by atoms with Crippen LogP contribution in [0.25, 0.3) is 0 Å². The summed E-state index contributed by atoms with van der Waals surface area (Å²) in [4.78, 5) is 82.9. The van der Waals surface area contributed by atoms with Crippen molar-refractivity contribution in [3.05, 3.63) is 46.2 Å². The van der Waals surface area contributed by atoms with Crippen molar-refractivity contribution in [2.45, 2.75) is 40.1 Å². The first kappa shape index (κ1) is 55.7. The Labute approximate surface area is 424 Å². The SMILES string of the molecule is CN(CC(O)CO)C(=O)C1=C(I)C(NC(=O)CO)(N(C)C(=O)C(O)C(O)CO)C(I)=C(C(=O)NCC(O)CNC(=O)c2c(I)cc(I)c(C(=O)NCC(O)CO)c2I)C1I. The molecule has 0 aromatic heterocycles. The van der Waals surface area contributed by atoms with Crippen molar-refractivity contribution in [2.75, 3.05) is 66.7 Å². The molecule has 7 atom stereocenters. The van der Waals surface area contributed by atoms with E-state index in [2.05, 4.69) is 21.3 Å². The molecule has 7 unspecified atom stereocenters. The fourth-order valence-electron chi connectivity index (χ4n) is 5.34. The number of halogens is 6. The molecule has 1 aliphatic carbocycles. The van der Waals surface area contributed by atoms with Gasteiger partial charge in [0.15, 0.2) is 11.8 Å². The lowest BCUT2D eigenvalue weighted by Crippen LogP contribution is -2.66. The Bertz CT molecular complexity index is 1880. The third-order valence-electron chi connectivity index (χ3n) is 8.56. The standard InChI is InChI=1S/C33H42I6N6O15/c1-44(7-14(52)9-47)31(59)22-24(37)21(26(38)33(27(22)39,43-18(54)11-49)45(2)32(60)25(55)17(53)10-48)30(58)41-5-12(50)4-40-28(56)19-15(34)3-16(35)20(23(19)36)29(57)42-6-13(51)8-46/h3,12-14,17,24-25,46-53,55H,4-11H2,1-2H3,(H,40,56)(H,41,58)(H,42,57)(H,43,54). The number of aliphatic hydroxyl groups is 9. The van der Waals surface area contributed by atoms with Gasteiger partial charge in [-0.15, -0.1) is 0 Å². The Morgan fingerprint density at radius 2 is 1.17 bits per heavy atom. The van der Waals surface area contributed by atoms with Crippen molar-refractivity contribution in [3.8, 4) is 0 Å². The Morgan fingerprint density at radius 3 is 1.63 bits per heavy atom. The van der Waals surface area contributed by atoms with E-state index in [4.69, 9.17) is 5.11 Å². The van der Waals surface area contributed by atoms with Gasteiger partial charge in [-0.1, -0.05) is 22.6 Å². The number of carbonyl (C=O) groups is 6. The molecule has 0 saturated heterocycles. The molecule has 13 N–H and O–H groups in total. The van der Waals surface area contributed by atoms with Crippen molar-refractivity contribution in [1.82, 2.24) is 31.1 Å². The molecule has 1 aromatic carbocycles. The first-order valence-electron chi connectivity index (χ1n) is 17.1. The summed E-state index contributed by atoms with van der Waals surface area (Å²) in [5.41, 5.74) is -2.58. The van der Waals surface area contributed by atoms with Crippen LogP contribution in [0.5, 0.6) is 0 Å². The summed E-state index contributed by atoms with van der Waals surface area (Å²) in [5, 5.41) is 99.1. The second-order valence-corrected chi connectivity index (χ2v) is 19.7. The minimum Gasteiger partial charge on any atom is -0.394 e. The monoisotopic (exact) mass is 1520 g/mol. The molecule has 6 amide bonds. The topological polar surface area (TPSA) is 339 Å². The minimum atomic E-state index is -2.33. The Kier molecular flexibility index (Phi) is 23.5. The number of nitrogens with zero attached hydrogens (tertiary/aromatic N) is 2. The van der Waals surface area contributed by atoms with Gasteiger partial charge in [-0.25, -0.2) is 0 Å². The molecule has 336 valence electrons. The molecular weight excluding hydrogens is 1480 g/mol. The van der Waals surface area contributed by atoms with Gasteiger partial charge in [0.25, 0.3) is 23.6 Å². The summed E-state index contributed by atoms with van der Waals surface area (Å²) in [7, 11) is 2.34. The number of nitrogens with one attached hydrogen (secondary N) is 4. The fraction of sp³-hybridized carbons (Fsp3) is 0.515. The Balaban J connectivity index is 2.56. The maximum absolute atomic E-state index is 14.2. The van der Waals surface area contributed by atoms with Crippen molar-refractivity contribution in [2.24, 2.45) is 0 Å². The third-order valence-corrected chi connectivity index (χ3v) is 15.3. The van der Waals surface area contributed by atoms with Gasteiger partial charge < -0.3 is 77.0 Å². The van der Waals surface area contributed by atoms with Gasteiger partial charge in [0.2, 0.25) is 11.8 Å². The van der Waals surface area contributed by atoms with Crippen LogP contribution in [0, 0.1) is 10.7 Å². The zero-order chi connectivity index (χ0) is 46.0. The van der Waals surface area contributed by atoms with Gasteiger partial charge in [0.05, 0.1) is 60.3 Å². The maximum atomic E-state index is 14.2. The molecule has 27 heteroatoms. The van der Waals surface area contributed by atoms with Crippen LogP contribution < -0.4 is 21.3 Å². The van der Waals surface area contributed by atoms with Crippen LogP contribution in [0.4, 0.5) is 0 Å². The van der Waals surface area contributed by atoms with E-state index in [1.807, 2.05) is 67.8 Å². The van der Waals surface area contributed by atoms with E-state index in [1.54, 1.807) is 73.8 Å². The van der Waals surface area contributed by atoms with E-state index in [0.717, 1.165) is 11.9 Å². The van der Waals surface area contributed by atoms with Gasteiger partial charge in [-0.2, -0.15) is 0 Å². The number of aliphatic hydroxyl groups excluding tert-OH is 9. The van der Waals surface area contributed by atoms with Crippen molar-refractivity contribution >= 4 is 171 Å². The van der Waals surface area contributed by atoms with Crippen LogP contribution in [0.3, 0.4) is 0 Å². The number of hydrogen-bond donors (Lipinski definition) is 13. The second kappa shape index (κ2) is 25.3. The van der Waals surface area contributed by atoms with E-state index >= 15 is 0 Å². The van der Waals surface area contributed by atoms with E-state index in [-0.39, 0.29) is 39.5 Å². The smallest absolute Gasteiger partial charge is 0.256 e. The maximum Gasteiger partial charge on any atom is 0.256 e. The molecule has 1 aromatic rings. The number of likely N-dealkylation sites (N-methyl/N-ethyl adjacent to an activating group) is 2. The molecular formula is C33H42I6N6O15. The fourth-order valence-corrected chi connectivity index (χ4v) is 15.2. The summed E-state index contributed by atoms with van der Waals surface area (Å²) >= 11 is 10.7. The highest BCUT2D eigenvalue weighted by Crippen LogP contribution is 2.49. The Hall–Kier alpha value is -0.460. The lowest BCUT2D eigenvalue weighted by Gasteiger charge is -2.47. The molecule has 0 radical (unpaired) electrons. The molecule has 1 aliphatic rings. The van der Waals surface area contributed by atoms with Gasteiger partial charge in [0, 0.05) is 62.1 Å². The first-order valence-corrected chi connectivity index (χ1v) is 23.8. The highest BCUT2D eigenvalue weighted by Gasteiger charge is 2.54. The molecule has 0 bridgehead atoms. The predicted molar refractivity (Wildman–Crippen MR) is 262 cm³/mol. The van der Waals surface area contributed by atoms with Gasteiger partial charge in [0.1, 0.15) is 12.7 Å². The minimum absolute atomic E-state index is 0.0991. The molecule has 2 rings (SSSR count). The quantitative estimate of drug-likeness (QED) is 0.0347. The molecule has 0 saturated carbocycles. The van der Waals surface area contributed by atoms with Crippen molar-refractivity contribution in [3.63, 3.8) is 0 Å². The summed E-state index contributed by atoms with van der Waals surface area (Å²) in [6.45, 7) is -5.09. The van der Waals surface area contributed by atoms with Crippen molar-refractivity contribution in [1.29, 1.82) is 0 Å². The van der Waals surface area contributed by atoms with E-state index in [9.17, 15) is 69.6 Å². The number of carbonyl (C=O) groups excluding carboxylic acids is 6. The molecule has 0 spiro atoms. The highest BCUT2D eigenvalue weighted by atomic mass is 127. The van der Waals surface area contributed by atoms with Gasteiger partial charge in [-0.3, -0.25) is 28.8 Å². The molecule has 60 heavy (non-hydrogen) atoms. The van der Waals surface area contributed by atoms with Crippen LogP contribution >= 0.6 is 136 Å². The molecule has 0 fully saturated rings. The van der Waals surface area contributed by atoms with Crippen LogP contribution in [-0.4, -0.2) is 198 Å². The Morgan fingerprint density at radius 1 is 0.700 bits per heavy atom. The summed E-state index contributed by atoms with van der Waals surface area (Å²) in [6.07, 6.45) is -8.31. The summed E-state index contributed by atoms with van der Waals surface area (Å²) in [5.74, 6) is -5.49. The van der Waals surface area contributed by atoms with Crippen LogP contribution in [0.2, 0.25) is 0 Å². The average Bonchev–Trinajstić information content (AvgIpc) is 3.20. The average molecular weight is 1520 g/mol. The predicted octanol–water partition coefficient (Wildman–Crippen LogP) is -3.23. The molecule has 0 aliphatic heterocycles. The highest BCUT2D eigenvalue weighted by molar-refractivity contribution is 14.1.